The second-order valence-electron chi connectivity index (χ2n) is 5.28. The maximum absolute atomic E-state index is 13.0. The minimum atomic E-state index is -0.546. The predicted molar refractivity (Wildman–Crippen MR) is 84.4 cm³/mol. The van der Waals surface area contributed by atoms with Crippen LogP contribution in [0.15, 0.2) is 42.5 Å². The summed E-state index contributed by atoms with van der Waals surface area (Å²) >= 11 is 0. The highest BCUT2D eigenvalue weighted by atomic mass is 19.1. The van der Waals surface area contributed by atoms with Crippen molar-refractivity contribution in [3.8, 4) is 0 Å². The Bertz CT molecular complexity index is 728. The molecule has 0 saturated carbocycles. The first-order valence-corrected chi connectivity index (χ1v) is 7.21. The van der Waals surface area contributed by atoms with Gasteiger partial charge >= 0.3 is 5.97 Å². The standard InChI is InChI=1S/C18H18FNO3/c1-12-6-7-13(2)15(8-12)11-23-17(21)10-20-18(22)14-4-3-5-16(19)9-14/h3-9H,10-11H2,1-2H3,(H,20,22). The lowest BCUT2D eigenvalue weighted by atomic mass is 10.1. The van der Waals surface area contributed by atoms with Crippen LogP contribution in [0.1, 0.15) is 27.0 Å². The first kappa shape index (κ1) is 16.7. The molecular formula is C18H18FNO3. The largest absolute Gasteiger partial charge is 0.459 e. The number of carbonyl (C=O) groups is 2. The molecule has 0 fully saturated rings. The second kappa shape index (κ2) is 7.54. The van der Waals surface area contributed by atoms with Crippen molar-refractivity contribution in [3.05, 3.63) is 70.5 Å². The first-order chi connectivity index (χ1) is 11.0. The van der Waals surface area contributed by atoms with Crippen LogP contribution in [-0.2, 0) is 16.1 Å². The molecule has 0 aliphatic heterocycles. The molecular weight excluding hydrogens is 297 g/mol. The number of aryl methyl sites for hydroxylation is 2. The van der Waals surface area contributed by atoms with Crippen LogP contribution in [0.2, 0.25) is 0 Å². The van der Waals surface area contributed by atoms with Gasteiger partial charge in [0.25, 0.3) is 5.91 Å². The van der Waals surface area contributed by atoms with Crippen molar-refractivity contribution in [1.82, 2.24) is 5.32 Å². The van der Waals surface area contributed by atoms with Crippen LogP contribution in [0.4, 0.5) is 4.39 Å². The Morgan fingerprint density at radius 3 is 2.65 bits per heavy atom. The molecule has 120 valence electrons. The summed E-state index contributed by atoms with van der Waals surface area (Å²) in [6, 6.07) is 11.2. The number of hydrogen-bond donors (Lipinski definition) is 1. The Morgan fingerprint density at radius 1 is 1.13 bits per heavy atom. The third kappa shape index (κ3) is 4.92. The summed E-state index contributed by atoms with van der Waals surface area (Å²) in [5.41, 5.74) is 3.20. The zero-order valence-electron chi connectivity index (χ0n) is 13.1. The molecule has 0 saturated heterocycles. The van der Waals surface area contributed by atoms with Gasteiger partial charge in [0.2, 0.25) is 0 Å². The second-order valence-corrected chi connectivity index (χ2v) is 5.28. The number of hydrogen-bond acceptors (Lipinski definition) is 3. The number of benzene rings is 2. The van der Waals surface area contributed by atoms with Gasteiger partial charge in [-0.1, -0.05) is 29.8 Å². The van der Waals surface area contributed by atoms with Crippen molar-refractivity contribution in [2.75, 3.05) is 6.54 Å². The highest BCUT2D eigenvalue weighted by Crippen LogP contribution is 2.11. The van der Waals surface area contributed by atoms with E-state index in [1.807, 2.05) is 32.0 Å². The molecule has 0 aliphatic rings. The SMILES string of the molecule is Cc1ccc(C)c(COC(=O)CNC(=O)c2cccc(F)c2)c1. The zero-order chi connectivity index (χ0) is 16.8. The molecule has 0 atom stereocenters. The van der Waals surface area contributed by atoms with Gasteiger partial charge in [0, 0.05) is 5.56 Å². The Kier molecular flexibility index (Phi) is 5.46. The van der Waals surface area contributed by atoms with Crippen LogP contribution in [0.3, 0.4) is 0 Å². The summed E-state index contributed by atoms with van der Waals surface area (Å²) in [7, 11) is 0. The quantitative estimate of drug-likeness (QED) is 0.863. The molecule has 2 aromatic carbocycles. The van der Waals surface area contributed by atoms with Gasteiger partial charge in [-0.15, -0.1) is 0 Å². The van der Waals surface area contributed by atoms with E-state index in [0.29, 0.717) is 0 Å². The summed E-state index contributed by atoms with van der Waals surface area (Å²) < 4.78 is 18.2. The molecule has 2 rings (SSSR count). The van der Waals surface area contributed by atoms with E-state index in [4.69, 9.17) is 4.74 Å². The van der Waals surface area contributed by atoms with Crippen LogP contribution in [0, 0.1) is 19.7 Å². The van der Waals surface area contributed by atoms with E-state index in [9.17, 15) is 14.0 Å². The Morgan fingerprint density at radius 2 is 1.91 bits per heavy atom. The van der Waals surface area contributed by atoms with Gasteiger partial charge in [0.15, 0.2) is 0 Å². The van der Waals surface area contributed by atoms with Crippen molar-refractivity contribution in [2.24, 2.45) is 0 Å². The lowest BCUT2D eigenvalue weighted by molar-refractivity contribution is -0.143. The molecule has 4 nitrogen and oxygen atoms in total. The molecule has 23 heavy (non-hydrogen) atoms. The van der Waals surface area contributed by atoms with Gasteiger partial charge in [0.1, 0.15) is 19.0 Å². The lowest BCUT2D eigenvalue weighted by Crippen LogP contribution is -2.30. The van der Waals surface area contributed by atoms with E-state index >= 15 is 0 Å². The fourth-order valence-electron chi connectivity index (χ4n) is 2.05. The summed E-state index contributed by atoms with van der Waals surface area (Å²) in [4.78, 5) is 23.5. The average Bonchev–Trinajstić information content (AvgIpc) is 2.53. The molecule has 0 spiro atoms. The molecule has 0 aliphatic carbocycles. The Labute approximate surface area is 134 Å². The van der Waals surface area contributed by atoms with Crippen molar-refractivity contribution in [1.29, 1.82) is 0 Å². The number of amides is 1. The fraction of sp³-hybridized carbons (Fsp3) is 0.222. The predicted octanol–water partition coefficient (Wildman–Crippen LogP) is 2.92. The number of halogens is 1. The van der Waals surface area contributed by atoms with Gasteiger partial charge in [-0.05, 0) is 43.2 Å². The van der Waals surface area contributed by atoms with Crippen molar-refractivity contribution < 1.29 is 18.7 Å². The van der Waals surface area contributed by atoms with E-state index in [-0.39, 0.29) is 18.7 Å². The molecule has 0 radical (unpaired) electrons. The molecule has 1 N–H and O–H groups in total. The Balaban J connectivity index is 1.83. The van der Waals surface area contributed by atoms with Crippen LogP contribution in [0.25, 0.3) is 0 Å². The molecule has 0 aromatic heterocycles. The summed E-state index contributed by atoms with van der Waals surface area (Å²) in [6.07, 6.45) is 0. The molecule has 0 heterocycles. The van der Waals surface area contributed by atoms with E-state index < -0.39 is 17.7 Å². The molecule has 2 aromatic rings. The molecule has 1 amide bonds. The van der Waals surface area contributed by atoms with E-state index in [1.165, 1.54) is 18.2 Å². The summed E-state index contributed by atoms with van der Waals surface area (Å²) in [6.45, 7) is 3.79. The minimum Gasteiger partial charge on any atom is -0.459 e. The summed E-state index contributed by atoms with van der Waals surface area (Å²) in [5.74, 6) is -1.57. The topological polar surface area (TPSA) is 55.4 Å². The normalized spacial score (nSPS) is 10.2. The van der Waals surface area contributed by atoms with Gasteiger partial charge < -0.3 is 10.1 Å². The van der Waals surface area contributed by atoms with Gasteiger partial charge in [-0.3, -0.25) is 9.59 Å². The molecule has 0 unspecified atom stereocenters. The minimum absolute atomic E-state index is 0.155. The average molecular weight is 315 g/mol. The number of rotatable bonds is 5. The first-order valence-electron chi connectivity index (χ1n) is 7.21. The highest BCUT2D eigenvalue weighted by molar-refractivity contribution is 5.95. The van der Waals surface area contributed by atoms with Crippen LogP contribution in [-0.4, -0.2) is 18.4 Å². The number of carbonyl (C=O) groups excluding carboxylic acids is 2. The smallest absolute Gasteiger partial charge is 0.325 e. The van der Waals surface area contributed by atoms with E-state index in [0.717, 1.165) is 22.8 Å². The highest BCUT2D eigenvalue weighted by Gasteiger charge is 2.10. The molecule has 5 heteroatoms. The third-order valence-corrected chi connectivity index (χ3v) is 3.37. The summed E-state index contributed by atoms with van der Waals surface area (Å²) in [5, 5.41) is 2.41. The van der Waals surface area contributed by atoms with Crippen LogP contribution in [0.5, 0.6) is 0 Å². The van der Waals surface area contributed by atoms with Crippen molar-refractivity contribution in [2.45, 2.75) is 20.5 Å². The maximum Gasteiger partial charge on any atom is 0.325 e. The zero-order valence-corrected chi connectivity index (χ0v) is 13.1. The third-order valence-electron chi connectivity index (χ3n) is 3.37. The van der Waals surface area contributed by atoms with Gasteiger partial charge in [-0.25, -0.2) is 4.39 Å². The number of nitrogens with one attached hydrogen (secondary N) is 1. The van der Waals surface area contributed by atoms with Crippen molar-refractivity contribution >= 4 is 11.9 Å². The van der Waals surface area contributed by atoms with Gasteiger partial charge in [0.05, 0.1) is 0 Å². The van der Waals surface area contributed by atoms with Gasteiger partial charge in [-0.2, -0.15) is 0 Å². The number of ether oxygens (including phenoxy) is 1. The maximum atomic E-state index is 13.0. The van der Waals surface area contributed by atoms with Crippen LogP contribution < -0.4 is 5.32 Å². The lowest BCUT2D eigenvalue weighted by Gasteiger charge is -2.09. The fourth-order valence-corrected chi connectivity index (χ4v) is 2.05. The van der Waals surface area contributed by atoms with Crippen LogP contribution >= 0.6 is 0 Å². The number of esters is 1. The molecule has 0 bridgehead atoms. The monoisotopic (exact) mass is 315 g/mol. The van der Waals surface area contributed by atoms with Crippen molar-refractivity contribution in [3.63, 3.8) is 0 Å². The van der Waals surface area contributed by atoms with E-state index in [1.54, 1.807) is 0 Å². The Hall–Kier alpha value is -2.69. The van der Waals surface area contributed by atoms with E-state index in [2.05, 4.69) is 5.32 Å².